The van der Waals surface area contributed by atoms with Crippen LogP contribution in [0.15, 0.2) is 0 Å². The van der Waals surface area contributed by atoms with Crippen molar-refractivity contribution in [1.29, 1.82) is 0 Å². The van der Waals surface area contributed by atoms with Crippen LogP contribution in [0.3, 0.4) is 0 Å². The first kappa shape index (κ1) is 18.2. The van der Waals surface area contributed by atoms with Gasteiger partial charge in [-0.25, -0.2) is 0 Å². The monoisotopic (exact) mass is 310 g/mol. The zero-order chi connectivity index (χ0) is 16.3. The molecule has 22 heavy (non-hydrogen) atoms. The number of hydrogen-bond acceptors (Lipinski definition) is 4. The summed E-state index contributed by atoms with van der Waals surface area (Å²) >= 11 is 0. The number of rotatable bonds is 3. The third kappa shape index (κ3) is 4.44. The van der Waals surface area contributed by atoms with Gasteiger partial charge in [0.05, 0.1) is 0 Å². The summed E-state index contributed by atoms with van der Waals surface area (Å²) in [7, 11) is 2.19. The van der Waals surface area contributed by atoms with Crippen LogP contribution in [0, 0.1) is 0 Å². The highest BCUT2D eigenvalue weighted by atomic mass is 15.4. The van der Waals surface area contributed by atoms with E-state index in [1.807, 2.05) is 0 Å². The maximum absolute atomic E-state index is 2.66. The molecule has 2 bridgehead atoms. The van der Waals surface area contributed by atoms with Crippen LogP contribution in [-0.2, 0) is 0 Å². The van der Waals surface area contributed by atoms with Gasteiger partial charge < -0.3 is 4.90 Å². The molecule has 3 heterocycles. The van der Waals surface area contributed by atoms with Crippen molar-refractivity contribution in [3.63, 3.8) is 0 Å². The molecule has 130 valence electrons. The number of likely N-dealkylation sites (tertiary alicyclic amines) is 2. The molecule has 3 saturated heterocycles. The Bertz CT molecular complexity index is 323. The number of likely N-dealkylation sites (N-methyl/N-ethyl adjacent to an activating group) is 2. The van der Waals surface area contributed by atoms with Crippen molar-refractivity contribution in [2.75, 3.05) is 52.9 Å². The molecule has 0 saturated carbocycles. The van der Waals surface area contributed by atoms with Crippen LogP contribution in [-0.4, -0.2) is 96.6 Å². The minimum Gasteiger partial charge on any atom is -0.304 e. The highest BCUT2D eigenvalue weighted by Crippen LogP contribution is 2.31. The van der Waals surface area contributed by atoms with Crippen molar-refractivity contribution in [2.24, 2.45) is 0 Å². The molecule has 2 unspecified atom stereocenters. The van der Waals surface area contributed by atoms with Crippen molar-refractivity contribution >= 4 is 0 Å². The quantitative estimate of drug-likeness (QED) is 0.788. The molecule has 0 amide bonds. The minimum atomic E-state index is 0.730. The molecule has 0 spiro atoms. The Morgan fingerprint density at radius 2 is 1.50 bits per heavy atom. The van der Waals surface area contributed by atoms with Gasteiger partial charge in [-0.1, -0.05) is 6.92 Å². The van der Waals surface area contributed by atoms with Crippen LogP contribution in [0.1, 0.15) is 41.0 Å². The molecule has 3 aliphatic heterocycles. The van der Waals surface area contributed by atoms with Gasteiger partial charge in [0, 0.05) is 63.4 Å². The Balaban J connectivity index is 0.000000164. The van der Waals surface area contributed by atoms with E-state index < -0.39 is 0 Å². The highest BCUT2D eigenvalue weighted by Gasteiger charge is 2.42. The summed E-state index contributed by atoms with van der Waals surface area (Å²) in [6.07, 6.45) is 1.42. The third-order valence-corrected chi connectivity index (χ3v) is 5.73. The third-order valence-electron chi connectivity index (χ3n) is 5.73. The van der Waals surface area contributed by atoms with Crippen LogP contribution >= 0.6 is 0 Å². The number of fused-ring (bicyclic) bond motifs is 2. The number of nitrogens with zero attached hydrogens (tertiary/aromatic N) is 4. The lowest BCUT2D eigenvalue weighted by molar-refractivity contribution is 0.108. The van der Waals surface area contributed by atoms with Gasteiger partial charge in [0.1, 0.15) is 0 Å². The number of piperazine rings is 2. The molecule has 0 aliphatic carbocycles. The van der Waals surface area contributed by atoms with E-state index in [2.05, 4.69) is 61.3 Å². The summed E-state index contributed by atoms with van der Waals surface area (Å²) in [6, 6.07) is 3.23. The molecular weight excluding hydrogens is 272 g/mol. The predicted octanol–water partition coefficient (Wildman–Crippen LogP) is 1.82. The molecular formula is C18H38N4. The fourth-order valence-electron chi connectivity index (χ4n) is 4.14. The van der Waals surface area contributed by atoms with E-state index in [4.69, 9.17) is 0 Å². The van der Waals surface area contributed by atoms with Gasteiger partial charge in [-0.2, -0.15) is 0 Å². The Kier molecular flexibility index (Phi) is 6.69. The van der Waals surface area contributed by atoms with E-state index in [1.165, 1.54) is 52.2 Å². The van der Waals surface area contributed by atoms with Crippen LogP contribution in [0.25, 0.3) is 0 Å². The average molecular weight is 311 g/mol. The zero-order valence-electron chi connectivity index (χ0n) is 15.8. The van der Waals surface area contributed by atoms with Crippen LogP contribution < -0.4 is 0 Å². The fourth-order valence-corrected chi connectivity index (χ4v) is 4.14. The van der Waals surface area contributed by atoms with E-state index in [1.54, 1.807) is 0 Å². The highest BCUT2D eigenvalue weighted by molar-refractivity contribution is 5.00. The lowest BCUT2D eigenvalue weighted by Crippen LogP contribution is -2.48. The molecule has 0 aromatic rings. The van der Waals surface area contributed by atoms with Gasteiger partial charge in [0.2, 0.25) is 0 Å². The van der Waals surface area contributed by atoms with Crippen molar-refractivity contribution < 1.29 is 0 Å². The Morgan fingerprint density at radius 3 is 1.91 bits per heavy atom. The van der Waals surface area contributed by atoms with E-state index in [-0.39, 0.29) is 0 Å². The summed E-state index contributed by atoms with van der Waals surface area (Å²) in [6.45, 7) is 20.3. The zero-order valence-corrected chi connectivity index (χ0v) is 15.8. The van der Waals surface area contributed by atoms with Crippen molar-refractivity contribution in [3.8, 4) is 0 Å². The van der Waals surface area contributed by atoms with Crippen LogP contribution in [0.5, 0.6) is 0 Å². The van der Waals surface area contributed by atoms with Crippen molar-refractivity contribution in [2.45, 2.75) is 65.2 Å². The SMILES string of the molecule is CC(C)N1CCN(C)CC1.CCN1CC2CC1CN2C(C)C. The van der Waals surface area contributed by atoms with Crippen molar-refractivity contribution in [3.05, 3.63) is 0 Å². The first-order chi connectivity index (χ1) is 10.4. The molecule has 4 nitrogen and oxygen atoms in total. The summed E-state index contributed by atoms with van der Waals surface area (Å²) in [4.78, 5) is 10.2. The largest absolute Gasteiger partial charge is 0.304 e. The standard InChI is InChI=1S/C10H20N2.C8H18N2/c1-4-11-6-10-5-9(11)7-12(10)8(2)3;1-8(2)10-6-4-9(3)5-7-10/h8-10H,4-7H2,1-3H3;8H,4-7H2,1-3H3. The normalized spacial score (nSPS) is 31.1. The Morgan fingerprint density at radius 1 is 0.864 bits per heavy atom. The van der Waals surface area contributed by atoms with Gasteiger partial charge in [-0.05, 0) is 47.7 Å². The molecule has 3 aliphatic rings. The topological polar surface area (TPSA) is 13.0 Å². The van der Waals surface area contributed by atoms with Crippen LogP contribution in [0.2, 0.25) is 0 Å². The molecule has 2 atom stereocenters. The summed E-state index contributed by atoms with van der Waals surface area (Å²) in [5.74, 6) is 0. The lowest BCUT2D eigenvalue weighted by Gasteiger charge is -2.35. The summed E-state index contributed by atoms with van der Waals surface area (Å²) in [5, 5.41) is 0. The minimum absolute atomic E-state index is 0.730. The second-order valence-electron chi connectivity index (χ2n) is 7.85. The van der Waals surface area contributed by atoms with Gasteiger partial charge in [0.15, 0.2) is 0 Å². The molecule has 3 fully saturated rings. The fraction of sp³-hybridized carbons (Fsp3) is 1.00. The Hall–Kier alpha value is -0.160. The summed E-state index contributed by atoms with van der Waals surface area (Å²) < 4.78 is 0. The van der Waals surface area contributed by atoms with E-state index in [0.717, 1.165) is 24.2 Å². The first-order valence-electron chi connectivity index (χ1n) is 9.34. The predicted molar refractivity (Wildman–Crippen MR) is 95.5 cm³/mol. The molecule has 0 N–H and O–H groups in total. The summed E-state index contributed by atoms with van der Waals surface area (Å²) in [5.41, 5.74) is 0. The maximum atomic E-state index is 2.66. The van der Waals surface area contributed by atoms with Gasteiger partial charge in [-0.15, -0.1) is 0 Å². The lowest BCUT2D eigenvalue weighted by atomic mass is 10.2. The van der Waals surface area contributed by atoms with Gasteiger partial charge >= 0.3 is 0 Å². The smallest absolute Gasteiger partial charge is 0.0242 e. The molecule has 0 aromatic carbocycles. The van der Waals surface area contributed by atoms with E-state index in [0.29, 0.717) is 0 Å². The second-order valence-corrected chi connectivity index (χ2v) is 7.85. The van der Waals surface area contributed by atoms with E-state index in [9.17, 15) is 0 Å². The molecule has 0 radical (unpaired) electrons. The van der Waals surface area contributed by atoms with Crippen molar-refractivity contribution in [1.82, 2.24) is 19.6 Å². The van der Waals surface area contributed by atoms with Crippen LogP contribution in [0.4, 0.5) is 0 Å². The average Bonchev–Trinajstić information content (AvgIpc) is 3.08. The molecule has 4 heteroatoms. The first-order valence-corrected chi connectivity index (χ1v) is 9.34. The van der Waals surface area contributed by atoms with Gasteiger partial charge in [-0.3, -0.25) is 14.7 Å². The Labute approximate surface area is 138 Å². The van der Waals surface area contributed by atoms with Gasteiger partial charge in [0.25, 0.3) is 0 Å². The van der Waals surface area contributed by atoms with E-state index >= 15 is 0 Å². The second kappa shape index (κ2) is 8.09. The maximum Gasteiger partial charge on any atom is 0.0242 e. The number of hydrogen-bond donors (Lipinski definition) is 0. The molecule has 0 aromatic heterocycles. The molecule has 3 rings (SSSR count).